The highest BCUT2D eigenvalue weighted by molar-refractivity contribution is 7.17. The van der Waals surface area contributed by atoms with E-state index in [4.69, 9.17) is 4.42 Å². The summed E-state index contributed by atoms with van der Waals surface area (Å²) in [4.78, 5) is 28.4. The molecule has 1 unspecified atom stereocenters. The summed E-state index contributed by atoms with van der Waals surface area (Å²) in [6.07, 6.45) is 0.378. The maximum atomic E-state index is 12.4. The van der Waals surface area contributed by atoms with Crippen LogP contribution in [0.3, 0.4) is 0 Å². The highest BCUT2D eigenvalue weighted by Gasteiger charge is 2.24. The number of carbonyl (C=O) groups is 2. The Kier molecular flexibility index (Phi) is 5.20. The van der Waals surface area contributed by atoms with Gasteiger partial charge in [0, 0.05) is 0 Å². The molecule has 2 rings (SSSR count). The van der Waals surface area contributed by atoms with E-state index in [2.05, 4.69) is 10.3 Å². The Labute approximate surface area is 138 Å². The smallest absolute Gasteiger partial charge is 0.326 e. The molecule has 6 nitrogen and oxygen atoms in total. The average Bonchev–Trinajstić information content (AvgIpc) is 3.03. The molecule has 0 aliphatic carbocycles. The first-order valence-electron chi connectivity index (χ1n) is 7.35. The molecule has 2 N–H and O–H groups in total. The fourth-order valence-electron chi connectivity index (χ4n) is 2.18. The molecule has 0 radical (unpaired) electrons. The lowest BCUT2D eigenvalue weighted by atomic mass is 10.0. The van der Waals surface area contributed by atoms with Gasteiger partial charge in [-0.05, 0) is 38.3 Å². The van der Waals surface area contributed by atoms with Crippen LogP contribution < -0.4 is 5.32 Å². The lowest BCUT2D eigenvalue weighted by Gasteiger charge is -2.15. The zero-order valence-corrected chi connectivity index (χ0v) is 14.4. The molecule has 7 heteroatoms. The topological polar surface area (TPSA) is 92.4 Å². The number of furan rings is 1. The summed E-state index contributed by atoms with van der Waals surface area (Å²) in [7, 11) is 0. The monoisotopic (exact) mass is 336 g/mol. The maximum Gasteiger partial charge on any atom is 0.326 e. The van der Waals surface area contributed by atoms with E-state index in [1.807, 2.05) is 26.8 Å². The van der Waals surface area contributed by atoms with Crippen LogP contribution in [0.15, 0.2) is 16.5 Å². The third-order valence-corrected chi connectivity index (χ3v) is 4.44. The normalized spacial score (nSPS) is 12.4. The number of hydrogen-bond donors (Lipinski definition) is 2. The number of carbonyl (C=O) groups excluding carboxylic acids is 1. The number of carboxylic acids is 1. The van der Waals surface area contributed by atoms with Gasteiger partial charge in [0.05, 0.1) is 5.69 Å². The van der Waals surface area contributed by atoms with Crippen molar-refractivity contribution >= 4 is 23.2 Å². The molecule has 0 saturated carbocycles. The van der Waals surface area contributed by atoms with Crippen LogP contribution in [0, 0.1) is 19.8 Å². The van der Waals surface area contributed by atoms with Crippen LogP contribution in [0.2, 0.25) is 0 Å². The number of aliphatic carboxylic acids is 1. The molecule has 2 aromatic heterocycles. The van der Waals surface area contributed by atoms with Crippen LogP contribution >= 0.6 is 11.3 Å². The standard InChI is InChI=1S/C16H20N2O4S/c1-8(2)7-11(16(20)21)18-14(19)13-10(4)17-15(23-13)12-6-5-9(3)22-12/h5-6,8,11H,7H2,1-4H3,(H,18,19)(H,20,21). The van der Waals surface area contributed by atoms with Gasteiger partial charge in [-0.3, -0.25) is 4.79 Å². The summed E-state index contributed by atoms with van der Waals surface area (Å²) >= 11 is 1.20. The molecule has 0 saturated heterocycles. The Morgan fingerprint density at radius 2 is 2.04 bits per heavy atom. The van der Waals surface area contributed by atoms with E-state index in [1.165, 1.54) is 11.3 Å². The van der Waals surface area contributed by atoms with E-state index in [9.17, 15) is 14.7 Å². The summed E-state index contributed by atoms with van der Waals surface area (Å²) in [6, 6.07) is 2.72. The fourth-order valence-corrected chi connectivity index (χ4v) is 3.11. The zero-order valence-electron chi connectivity index (χ0n) is 13.5. The minimum absolute atomic E-state index is 0.167. The Balaban J connectivity index is 2.19. The summed E-state index contributed by atoms with van der Waals surface area (Å²) in [5, 5.41) is 12.4. The lowest BCUT2D eigenvalue weighted by molar-refractivity contribution is -0.139. The highest BCUT2D eigenvalue weighted by atomic mass is 32.1. The number of hydrogen-bond acceptors (Lipinski definition) is 5. The number of aromatic nitrogens is 1. The van der Waals surface area contributed by atoms with Gasteiger partial charge < -0.3 is 14.8 Å². The van der Waals surface area contributed by atoms with Crippen molar-refractivity contribution in [2.75, 3.05) is 0 Å². The molecule has 2 heterocycles. The van der Waals surface area contributed by atoms with E-state index in [1.54, 1.807) is 13.0 Å². The third kappa shape index (κ3) is 4.19. The van der Waals surface area contributed by atoms with Crippen molar-refractivity contribution in [1.29, 1.82) is 0 Å². The van der Waals surface area contributed by atoms with E-state index in [0.29, 0.717) is 27.8 Å². The van der Waals surface area contributed by atoms with Gasteiger partial charge in [0.15, 0.2) is 10.8 Å². The molecule has 0 aliphatic heterocycles. The molecule has 124 valence electrons. The van der Waals surface area contributed by atoms with Crippen molar-refractivity contribution in [3.63, 3.8) is 0 Å². The van der Waals surface area contributed by atoms with Crippen LogP contribution in [0.5, 0.6) is 0 Å². The molecule has 1 amide bonds. The number of rotatable bonds is 6. The van der Waals surface area contributed by atoms with Crippen molar-refractivity contribution in [3.8, 4) is 10.8 Å². The summed E-state index contributed by atoms with van der Waals surface area (Å²) in [5.41, 5.74) is 0.560. The quantitative estimate of drug-likeness (QED) is 0.845. The van der Waals surface area contributed by atoms with E-state index in [-0.39, 0.29) is 5.92 Å². The number of nitrogens with one attached hydrogen (secondary N) is 1. The Morgan fingerprint density at radius 1 is 1.35 bits per heavy atom. The molecule has 0 fully saturated rings. The van der Waals surface area contributed by atoms with Gasteiger partial charge in [-0.15, -0.1) is 11.3 Å². The minimum Gasteiger partial charge on any atom is -0.480 e. The van der Waals surface area contributed by atoms with Crippen LogP contribution in [0.25, 0.3) is 10.8 Å². The first-order valence-corrected chi connectivity index (χ1v) is 8.17. The fraction of sp³-hybridized carbons (Fsp3) is 0.438. The number of thiazole rings is 1. The van der Waals surface area contributed by atoms with Crippen LogP contribution in [-0.4, -0.2) is 28.0 Å². The van der Waals surface area contributed by atoms with Gasteiger partial charge in [-0.2, -0.15) is 0 Å². The number of aryl methyl sites for hydroxylation is 2. The van der Waals surface area contributed by atoms with Crippen molar-refractivity contribution < 1.29 is 19.1 Å². The van der Waals surface area contributed by atoms with Crippen molar-refractivity contribution in [2.45, 2.75) is 40.2 Å². The average molecular weight is 336 g/mol. The van der Waals surface area contributed by atoms with Crippen molar-refractivity contribution in [3.05, 3.63) is 28.5 Å². The molecule has 0 bridgehead atoms. The maximum absolute atomic E-state index is 12.4. The van der Waals surface area contributed by atoms with Gasteiger partial charge >= 0.3 is 5.97 Å². The molecular formula is C16H20N2O4S. The molecule has 0 aromatic carbocycles. The van der Waals surface area contributed by atoms with E-state index >= 15 is 0 Å². The van der Waals surface area contributed by atoms with Gasteiger partial charge in [-0.1, -0.05) is 13.8 Å². The molecule has 23 heavy (non-hydrogen) atoms. The predicted molar refractivity (Wildman–Crippen MR) is 87.6 cm³/mol. The summed E-state index contributed by atoms with van der Waals surface area (Å²) in [6.45, 7) is 7.39. The van der Waals surface area contributed by atoms with Crippen molar-refractivity contribution in [1.82, 2.24) is 10.3 Å². The number of carboxylic acid groups (broad SMARTS) is 1. The molecular weight excluding hydrogens is 316 g/mol. The lowest BCUT2D eigenvalue weighted by Crippen LogP contribution is -2.41. The number of amides is 1. The highest BCUT2D eigenvalue weighted by Crippen LogP contribution is 2.29. The number of nitrogens with zero attached hydrogens (tertiary/aromatic N) is 1. The summed E-state index contributed by atoms with van der Waals surface area (Å²) in [5.74, 6) is 0.0904. The van der Waals surface area contributed by atoms with Crippen LogP contribution in [-0.2, 0) is 4.79 Å². The van der Waals surface area contributed by atoms with Gasteiger partial charge in [0.25, 0.3) is 5.91 Å². The second-order valence-corrected chi connectivity index (χ2v) is 6.84. The van der Waals surface area contributed by atoms with E-state index in [0.717, 1.165) is 5.76 Å². The van der Waals surface area contributed by atoms with Gasteiger partial charge in [0.2, 0.25) is 0 Å². The minimum atomic E-state index is -1.03. The van der Waals surface area contributed by atoms with Crippen LogP contribution in [0.4, 0.5) is 0 Å². The van der Waals surface area contributed by atoms with Gasteiger partial charge in [-0.25, -0.2) is 9.78 Å². The Bertz CT molecular complexity index is 717. The molecule has 0 spiro atoms. The largest absolute Gasteiger partial charge is 0.480 e. The third-order valence-electron chi connectivity index (χ3n) is 3.26. The molecule has 0 aliphatic rings. The predicted octanol–water partition coefficient (Wildman–Crippen LogP) is 3.25. The second kappa shape index (κ2) is 6.95. The van der Waals surface area contributed by atoms with Gasteiger partial charge in [0.1, 0.15) is 16.7 Å². The Morgan fingerprint density at radius 3 is 2.57 bits per heavy atom. The summed E-state index contributed by atoms with van der Waals surface area (Å²) < 4.78 is 5.51. The second-order valence-electron chi connectivity index (χ2n) is 5.84. The van der Waals surface area contributed by atoms with Crippen LogP contribution in [0.1, 0.15) is 41.4 Å². The molecule has 1 atom stereocenters. The first kappa shape index (κ1) is 17.2. The van der Waals surface area contributed by atoms with Crippen molar-refractivity contribution in [2.24, 2.45) is 5.92 Å². The Hall–Kier alpha value is -2.15. The molecule has 2 aromatic rings. The first-order chi connectivity index (χ1) is 10.8. The van der Waals surface area contributed by atoms with E-state index < -0.39 is 17.9 Å². The SMILES string of the molecule is Cc1ccc(-c2nc(C)c(C(=O)NC(CC(C)C)C(=O)O)s2)o1. The zero-order chi connectivity index (χ0) is 17.1.